The van der Waals surface area contributed by atoms with Gasteiger partial charge in [0.15, 0.2) is 0 Å². The number of fused-ring (bicyclic) bond motifs is 1. The average Bonchev–Trinajstić information content (AvgIpc) is 3.14. The first kappa shape index (κ1) is 24.7. The predicted octanol–water partition coefficient (Wildman–Crippen LogP) is 4.82. The van der Waals surface area contributed by atoms with Gasteiger partial charge in [-0.3, -0.25) is 4.79 Å². The number of nitrogens with zero attached hydrogens (tertiary/aromatic N) is 4. The molecule has 1 heterocycles. The zero-order valence-electron chi connectivity index (χ0n) is 17.4. The van der Waals surface area contributed by atoms with Crippen LogP contribution in [-0.2, 0) is 6.54 Å². The molecule has 1 amide bonds. The molecule has 0 aliphatic carbocycles. The lowest BCUT2D eigenvalue weighted by atomic mass is 9.94. The highest BCUT2D eigenvalue weighted by molar-refractivity contribution is 7.98. The van der Waals surface area contributed by atoms with E-state index in [0.29, 0.717) is 28.9 Å². The third kappa shape index (κ3) is 6.76. The molecule has 33 heavy (non-hydrogen) atoms. The quantitative estimate of drug-likeness (QED) is 0.426. The van der Waals surface area contributed by atoms with E-state index >= 15 is 0 Å². The molecule has 0 aliphatic heterocycles. The van der Waals surface area contributed by atoms with E-state index in [4.69, 9.17) is 11.6 Å². The van der Waals surface area contributed by atoms with Crippen LogP contribution in [0.2, 0.25) is 5.02 Å². The summed E-state index contributed by atoms with van der Waals surface area (Å²) in [5, 5.41) is 21.9. The summed E-state index contributed by atoms with van der Waals surface area (Å²) >= 11 is 7.60. The number of carbonyl (C=O) groups excluding carboxylic acids is 1. The van der Waals surface area contributed by atoms with Crippen molar-refractivity contribution in [2.24, 2.45) is 0 Å². The van der Waals surface area contributed by atoms with Crippen molar-refractivity contribution in [3.63, 3.8) is 0 Å². The molecule has 12 heteroatoms. The van der Waals surface area contributed by atoms with Crippen LogP contribution in [0.15, 0.2) is 42.5 Å². The summed E-state index contributed by atoms with van der Waals surface area (Å²) in [6.45, 7) is -0.0226. The van der Waals surface area contributed by atoms with E-state index in [9.17, 15) is 23.2 Å². The highest BCUT2D eigenvalue weighted by Crippen LogP contribution is 2.24. The standard InChI is InChI=1S/C21H19ClF3N5O2S/c1-33-10-2-9-20(12-26,13-30-28-17-8-5-15(22)11-18(17)29-30)27-19(31)14-3-6-16(7-4-14)32-21(23,24)25/h3-8,11H,2,9-10,13H2,1H3,(H,27,31). The summed E-state index contributed by atoms with van der Waals surface area (Å²) < 4.78 is 40.9. The number of nitriles is 1. The number of benzene rings is 2. The fourth-order valence-electron chi connectivity index (χ4n) is 3.16. The van der Waals surface area contributed by atoms with Gasteiger partial charge in [-0.2, -0.15) is 32.0 Å². The minimum Gasteiger partial charge on any atom is -0.406 e. The van der Waals surface area contributed by atoms with Crippen molar-refractivity contribution in [1.82, 2.24) is 20.3 Å². The van der Waals surface area contributed by atoms with Crippen LogP contribution < -0.4 is 10.1 Å². The summed E-state index contributed by atoms with van der Waals surface area (Å²) in [7, 11) is 0. The molecule has 1 atom stereocenters. The molecule has 1 N–H and O–H groups in total. The van der Waals surface area contributed by atoms with Crippen molar-refractivity contribution in [2.45, 2.75) is 31.3 Å². The maximum Gasteiger partial charge on any atom is 0.573 e. The Morgan fingerprint density at radius 1 is 1.21 bits per heavy atom. The Kier molecular flexibility index (Phi) is 7.71. The van der Waals surface area contributed by atoms with Crippen molar-refractivity contribution in [3.05, 3.63) is 53.1 Å². The number of alkyl halides is 3. The van der Waals surface area contributed by atoms with Crippen LogP contribution in [-0.4, -0.2) is 44.8 Å². The van der Waals surface area contributed by atoms with Gasteiger partial charge in [0, 0.05) is 10.6 Å². The molecule has 1 unspecified atom stereocenters. The minimum atomic E-state index is -4.83. The van der Waals surface area contributed by atoms with Gasteiger partial charge in [-0.1, -0.05) is 11.6 Å². The summed E-state index contributed by atoms with van der Waals surface area (Å²) in [5.74, 6) is -0.289. The molecule has 174 valence electrons. The van der Waals surface area contributed by atoms with Crippen LogP contribution in [0, 0.1) is 11.3 Å². The van der Waals surface area contributed by atoms with Crippen LogP contribution in [0.3, 0.4) is 0 Å². The van der Waals surface area contributed by atoms with Crippen LogP contribution in [0.4, 0.5) is 13.2 Å². The molecular weight excluding hydrogens is 479 g/mol. The van der Waals surface area contributed by atoms with E-state index < -0.39 is 23.6 Å². The first-order valence-corrected chi connectivity index (χ1v) is 11.5. The van der Waals surface area contributed by atoms with Gasteiger partial charge in [-0.25, -0.2) is 0 Å². The van der Waals surface area contributed by atoms with E-state index in [2.05, 4.69) is 26.3 Å². The number of amides is 1. The normalized spacial score (nSPS) is 13.3. The zero-order chi connectivity index (χ0) is 24.1. The van der Waals surface area contributed by atoms with Crippen LogP contribution >= 0.6 is 23.4 Å². The van der Waals surface area contributed by atoms with E-state index in [1.807, 2.05) is 6.26 Å². The van der Waals surface area contributed by atoms with Gasteiger partial charge in [0.2, 0.25) is 0 Å². The topological polar surface area (TPSA) is 92.8 Å². The van der Waals surface area contributed by atoms with Gasteiger partial charge in [0.1, 0.15) is 22.3 Å². The number of hydrogen-bond acceptors (Lipinski definition) is 6. The first-order chi connectivity index (χ1) is 15.6. The summed E-state index contributed by atoms with van der Waals surface area (Å²) in [5.41, 5.74) is -0.126. The van der Waals surface area contributed by atoms with Crippen molar-refractivity contribution < 1.29 is 22.7 Å². The third-order valence-electron chi connectivity index (χ3n) is 4.66. The molecule has 0 spiro atoms. The van der Waals surface area contributed by atoms with Gasteiger partial charge >= 0.3 is 6.36 Å². The number of halogens is 4. The lowest BCUT2D eigenvalue weighted by Gasteiger charge is -2.27. The Morgan fingerprint density at radius 2 is 1.91 bits per heavy atom. The fourth-order valence-corrected chi connectivity index (χ4v) is 3.76. The summed E-state index contributed by atoms with van der Waals surface area (Å²) in [6, 6.07) is 11.7. The molecule has 0 saturated heterocycles. The van der Waals surface area contributed by atoms with Crippen molar-refractivity contribution in [2.75, 3.05) is 12.0 Å². The number of aromatic nitrogens is 3. The van der Waals surface area contributed by atoms with Crippen molar-refractivity contribution in [1.29, 1.82) is 5.26 Å². The van der Waals surface area contributed by atoms with Crippen LogP contribution in [0.25, 0.3) is 11.0 Å². The molecule has 0 fully saturated rings. The molecule has 2 aromatic carbocycles. The summed E-state index contributed by atoms with van der Waals surface area (Å²) in [4.78, 5) is 14.2. The second-order valence-corrected chi connectivity index (χ2v) is 8.60. The van der Waals surface area contributed by atoms with E-state index in [-0.39, 0.29) is 12.1 Å². The highest BCUT2D eigenvalue weighted by atomic mass is 35.5. The molecule has 0 bridgehead atoms. The minimum absolute atomic E-state index is 0.0226. The monoisotopic (exact) mass is 497 g/mol. The van der Waals surface area contributed by atoms with Gasteiger partial charge in [0.25, 0.3) is 5.91 Å². The molecule has 3 aromatic rings. The third-order valence-corrected chi connectivity index (χ3v) is 5.60. The largest absolute Gasteiger partial charge is 0.573 e. The molecular formula is C21H19ClF3N5O2S. The number of hydrogen-bond donors (Lipinski definition) is 1. The van der Waals surface area contributed by atoms with E-state index in [0.717, 1.165) is 17.9 Å². The number of thioether (sulfide) groups is 1. The number of carbonyl (C=O) groups is 1. The second-order valence-electron chi connectivity index (χ2n) is 7.18. The Labute approximate surface area is 196 Å². The average molecular weight is 498 g/mol. The zero-order valence-corrected chi connectivity index (χ0v) is 19.0. The number of ether oxygens (including phenoxy) is 1. The maximum atomic E-state index is 12.9. The highest BCUT2D eigenvalue weighted by Gasteiger charge is 2.34. The van der Waals surface area contributed by atoms with Crippen molar-refractivity contribution in [3.8, 4) is 11.8 Å². The molecule has 3 rings (SSSR count). The van der Waals surface area contributed by atoms with Crippen molar-refractivity contribution >= 4 is 40.3 Å². The fraction of sp³-hybridized carbons (Fsp3) is 0.333. The molecule has 1 aromatic heterocycles. The van der Waals surface area contributed by atoms with E-state index in [1.165, 1.54) is 16.9 Å². The Hall–Kier alpha value is -2.97. The van der Waals surface area contributed by atoms with Crippen LogP contribution in [0.1, 0.15) is 23.2 Å². The van der Waals surface area contributed by atoms with Gasteiger partial charge in [-0.05, 0) is 67.3 Å². The SMILES string of the molecule is CSCCCC(C#N)(Cn1nc2ccc(Cl)cc2n1)NC(=O)c1ccc(OC(F)(F)F)cc1. The van der Waals surface area contributed by atoms with E-state index in [1.54, 1.807) is 30.0 Å². The first-order valence-electron chi connectivity index (χ1n) is 9.72. The number of nitrogens with one attached hydrogen (secondary N) is 1. The molecule has 0 aliphatic rings. The lowest BCUT2D eigenvalue weighted by Crippen LogP contribution is -2.51. The molecule has 0 saturated carbocycles. The Balaban J connectivity index is 1.82. The summed E-state index contributed by atoms with van der Waals surface area (Å²) in [6.07, 6.45) is -1.94. The van der Waals surface area contributed by atoms with Gasteiger partial charge < -0.3 is 10.1 Å². The molecule has 0 radical (unpaired) electrons. The second kappa shape index (κ2) is 10.3. The number of rotatable bonds is 9. The maximum absolute atomic E-state index is 12.9. The Bertz CT molecular complexity index is 1160. The predicted molar refractivity (Wildman–Crippen MR) is 119 cm³/mol. The van der Waals surface area contributed by atoms with Crippen LogP contribution in [0.5, 0.6) is 5.75 Å². The lowest BCUT2D eigenvalue weighted by molar-refractivity contribution is -0.274. The van der Waals surface area contributed by atoms with Gasteiger partial charge in [-0.15, -0.1) is 13.2 Å². The van der Waals surface area contributed by atoms with Gasteiger partial charge in [0.05, 0.1) is 12.6 Å². The molecule has 7 nitrogen and oxygen atoms in total. The Morgan fingerprint density at radius 3 is 2.55 bits per heavy atom. The smallest absolute Gasteiger partial charge is 0.406 e.